The van der Waals surface area contributed by atoms with Gasteiger partial charge in [0.1, 0.15) is 5.82 Å². The van der Waals surface area contributed by atoms with E-state index in [1.807, 2.05) is 0 Å². The van der Waals surface area contributed by atoms with Crippen LogP contribution in [0.4, 0.5) is 4.39 Å². The number of carbonyl (C=O) groups excluding carboxylic acids is 1. The van der Waals surface area contributed by atoms with Crippen LogP contribution in [0.3, 0.4) is 0 Å². The van der Waals surface area contributed by atoms with Gasteiger partial charge >= 0.3 is 0 Å². The second kappa shape index (κ2) is 9.17. The highest BCUT2D eigenvalue weighted by Crippen LogP contribution is 2.34. The number of rotatable bonds is 5. The fourth-order valence-corrected chi connectivity index (χ4v) is 5.90. The third-order valence-corrected chi connectivity index (χ3v) is 6.83. The van der Waals surface area contributed by atoms with Gasteiger partial charge < -0.3 is 10.2 Å². The normalized spacial score (nSPS) is 29.2. The SMILES string of the molecule is CC(CN1C[C@@H](S)CC(C)(C)C1)C1CCC(NC(=O)c2ccccc2F)CC1. The third kappa shape index (κ3) is 5.73. The van der Waals surface area contributed by atoms with Crippen LogP contribution >= 0.6 is 12.6 Å². The van der Waals surface area contributed by atoms with Crippen LogP contribution in [0.2, 0.25) is 0 Å². The van der Waals surface area contributed by atoms with E-state index in [2.05, 4.69) is 31.0 Å². The highest BCUT2D eigenvalue weighted by Gasteiger charge is 2.33. The maximum absolute atomic E-state index is 13.8. The van der Waals surface area contributed by atoms with Gasteiger partial charge in [0.2, 0.25) is 0 Å². The van der Waals surface area contributed by atoms with Gasteiger partial charge in [-0.3, -0.25) is 4.79 Å². The summed E-state index contributed by atoms with van der Waals surface area (Å²) >= 11 is 4.76. The molecule has 1 unspecified atom stereocenters. The molecule has 0 radical (unpaired) electrons. The van der Waals surface area contributed by atoms with E-state index in [9.17, 15) is 9.18 Å². The van der Waals surface area contributed by atoms with Gasteiger partial charge in [0.25, 0.3) is 5.91 Å². The summed E-state index contributed by atoms with van der Waals surface area (Å²) in [7, 11) is 0. The summed E-state index contributed by atoms with van der Waals surface area (Å²) in [6, 6.07) is 6.36. The Bertz CT molecular complexity index is 672. The second-order valence-electron chi connectivity index (χ2n) is 9.76. The van der Waals surface area contributed by atoms with E-state index < -0.39 is 5.82 Å². The molecule has 1 aliphatic carbocycles. The van der Waals surface area contributed by atoms with Crippen LogP contribution in [0.15, 0.2) is 24.3 Å². The van der Waals surface area contributed by atoms with Crippen molar-refractivity contribution in [2.75, 3.05) is 19.6 Å². The second-order valence-corrected chi connectivity index (χ2v) is 10.5. The number of hydrogen-bond donors (Lipinski definition) is 2. The van der Waals surface area contributed by atoms with Crippen molar-refractivity contribution in [3.8, 4) is 0 Å². The predicted molar refractivity (Wildman–Crippen MR) is 116 cm³/mol. The highest BCUT2D eigenvalue weighted by molar-refractivity contribution is 7.81. The van der Waals surface area contributed by atoms with Crippen molar-refractivity contribution >= 4 is 18.5 Å². The quantitative estimate of drug-likeness (QED) is 0.690. The molecule has 28 heavy (non-hydrogen) atoms. The van der Waals surface area contributed by atoms with Gasteiger partial charge in [-0.15, -0.1) is 0 Å². The average Bonchev–Trinajstić information content (AvgIpc) is 2.60. The van der Waals surface area contributed by atoms with Crippen molar-refractivity contribution in [2.24, 2.45) is 17.3 Å². The van der Waals surface area contributed by atoms with E-state index in [-0.39, 0.29) is 17.5 Å². The smallest absolute Gasteiger partial charge is 0.254 e. The van der Waals surface area contributed by atoms with E-state index >= 15 is 0 Å². The van der Waals surface area contributed by atoms with Gasteiger partial charge in [-0.05, 0) is 61.5 Å². The van der Waals surface area contributed by atoms with Crippen LogP contribution in [0.25, 0.3) is 0 Å². The van der Waals surface area contributed by atoms with Crippen molar-refractivity contribution in [1.29, 1.82) is 0 Å². The number of nitrogens with one attached hydrogen (secondary N) is 1. The maximum Gasteiger partial charge on any atom is 0.254 e. The van der Waals surface area contributed by atoms with Crippen molar-refractivity contribution in [1.82, 2.24) is 10.2 Å². The molecule has 156 valence electrons. The number of carbonyl (C=O) groups is 1. The lowest BCUT2D eigenvalue weighted by Crippen LogP contribution is -2.48. The van der Waals surface area contributed by atoms with Gasteiger partial charge in [0.05, 0.1) is 5.56 Å². The summed E-state index contributed by atoms with van der Waals surface area (Å²) in [6.07, 6.45) is 5.41. The molecular formula is C23H35FN2OS. The summed E-state index contributed by atoms with van der Waals surface area (Å²) in [5.41, 5.74) is 0.492. The molecule has 3 rings (SSSR count). The van der Waals surface area contributed by atoms with Gasteiger partial charge in [-0.25, -0.2) is 4.39 Å². The molecule has 1 saturated heterocycles. The lowest BCUT2D eigenvalue weighted by atomic mass is 9.77. The zero-order valence-electron chi connectivity index (χ0n) is 17.5. The Morgan fingerprint density at radius 2 is 1.96 bits per heavy atom. The number of halogens is 1. The van der Waals surface area contributed by atoms with Crippen LogP contribution < -0.4 is 5.32 Å². The van der Waals surface area contributed by atoms with Crippen LogP contribution in [-0.2, 0) is 0 Å². The summed E-state index contributed by atoms with van der Waals surface area (Å²) in [5.74, 6) is 0.613. The first-order chi connectivity index (χ1) is 13.2. The zero-order chi connectivity index (χ0) is 20.3. The lowest BCUT2D eigenvalue weighted by Gasteiger charge is -2.43. The minimum absolute atomic E-state index is 0.145. The molecule has 2 aliphatic rings. The molecule has 1 N–H and O–H groups in total. The molecule has 2 fully saturated rings. The molecule has 1 aromatic rings. The number of nitrogens with zero attached hydrogens (tertiary/aromatic N) is 1. The molecular weight excluding hydrogens is 371 g/mol. The fraction of sp³-hybridized carbons (Fsp3) is 0.696. The minimum Gasteiger partial charge on any atom is -0.349 e. The minimum atomic E-state index is -0.450. The predicted octanol–water partition coefficient (Wildman–Crippen LogP) is 4.78. The summed E-state index contributed by atoms with van der Waals surface area (Å²) in [5, 5.41) is 3.51. The molecule has 1 heterocycles. The third-order valence-electron chi connectivity index (χ3n) is 6.49. The number of amides is 1. The molecule has 0 bridgehead atoms. The van der Waals surface area contributed by atoms with Crippen LogP contribution in [-0.4, -0.2) is 41.7 Å². The first-order valence-corrected chi connectivity index (χ1v) is 11.2. The molecule has 1 aliphatic heterocycles. The van der Waals surface area contributed by atoms with E-state index in [1.165, 1.54) is 12.5 Å². The van der Waals surface area contributed by atoms with E-state index in [0.717, 1.165) is 45.3 Å². The molecule has 3 nitrogen and oxygen atoms in total. The molecule has 2 atom stereocenters. The molecule has 1 amide bonds. The van der Waals surface area contributed by atoms with Crippen LogP contribution in [0.1, 0.15) is 63.2 Å². The molecule has 1 saturated carbocycles. The standard InChI is InChI=1S/C23H35FN2OS/c1-16(13-26-14-19(28)12-23(2,3)15-26)17-8-10-18(11-9-17)25-22(27)20-6-4-5-7-21(20)24/h4-7,16-19,28H,8-15H2,1-3H3,(H,25,27)/t16?,17?,18?,19-/m0/s1. The summed E-state index contributed by atoms with van der Waals surface area (Å²) in [6.45, 7) is 10.4. The largest absolute Gasteiger partial charge is 0.349 e. The van der Waals surface area contributed by atoms with Crippen molar-refractivity contribution < 1.29 is 9.18 Å². The highest BCUT2D eigenvalue weighted by atomic mass is 32.1. The first kappa shape index (κ1) is 21.6. The number of likely N-dealkylation sites (tertiary alicyclic amines) is 1. The topological polar surface area (TPSA) is 32.3 Å². The molecule has 5 heteroatoms. The van der Waals surface area contributed by atoms with Gasteiger partial charge in [0, 0.05) is 30.9 Å². The van der Waals surface area contributed by atoms with Crippen molar-refractivity contribution in [2.45, 2.75) is 64.2 Å². The Morgan fingerprint density at radius 1 is 1.29 bits per heavy atom. The van der Waals surface area contributed by atoms with Crippen LogP contribution in [0, 0.1) is 23.1 Å². The van der Waals surface area contributed by atoms with Crippen LogP contribution in [0.5, 0.6) is 0 Å². The Labute approximate surface area is 174 Å². The zero-order valence-corrected chi connectivity index (χ0v) is 18.4. The first-order valence-electron chi connectivity index (χ1n) is 10.7. The van der Waals surface area contributed by atoms with E-state index in [0.29, 0.717) is 22.5 Å². The van der Waals surface area contributed by atoms with Gasteiger partial charge in [0.15, 0.2) is 0 Å². The number of benzene rings is 1. The molecule has 0 aromatic heterocycles. The van der Waals surface area contributed by atoms with E-state index in [4.69, 9.17) is 12.6 Å². The fourth-order valence-electron chi connectivity index (χ4n) is 5.17. The molecule has 0 spiro atoms. The van der Waals surface area contributed by atoms with Crippen molar-refractivity contribution in [3.63, 3.8) is 0 Å². The Balaban J connectivity index is 1.46. The number of thiol groups is 1. The van der Waals surface area contributed by atoms with Gasteiger partial charge in [-0.1, -0.05) is 32.9 Å². The Kier molecular flexibility index (Phi) is 7.08. The van der Waals surface area contributed by atoms with Gasteiger partial charge in [-0.2, -0.15) is 12.6 Å². The average molecular weight is 407 g/mol. The van der Waals surface area contributed by atoms with E-state index in [1.54, 1.807) is 18.2 Å². The Morgan fingerprint density at radius 3 is 2.61 bits per heavy atom. The van der Waals surface area contributed by atoms with Crippen molar-refractivity contribution in [3.05, 3.63) is 35.6 Å². The number of hydrogen-bond acceptors (Lipinski definition) is 3. The molecule has 1 aromatic carbocycles. The monoisotopic (exact) mass is 406 g/mol. The maximum atomic E-state index is 13.8. The lowest BCUT2D eigenvalue weighted by molar-refractivity contribution is 0.0845. The summed E-state index contributed by atoms with van der Waals surface area (Å²) < 4.78 is 13.8. The summed E-state index contributed by atoms with van der Waals surface area (Å²) in [4.78, 5) is 14.9. The number of piperidine rings is 1. The Hall–Kier alpha value is -1.07.